The number of carbonyl (C=O) groups is 2. The Morgan fingerprint density at radius 3 is 0.839 bits per heavy atom. The summed E-state index contributed by atoms with van der Waals surface area (Å²) >= 11 is 0. The number of carbonyl (C=O) groups excluding carboxylic acids is 2. The van der Waals surface area contributed by atoms with Gasteiger partial charge >= 0.3 is 11.9 Å². The number of esters is 2. The van der Waals surface area contributed by atoms with Crippen LogP contribution in [-0.2, 0) is 61.0 Å². The first-order valence-electron chi connectivity index (χ1n) is 33.5. The van der Waals surface area contributed by atoms with Crippen LogP contribution >= 0.6 is 0 Å². The number of rotatable bonds is 12. The second-order valence-corrected chi connectivity index (χ2v) is 38.3. The minimum atomic E-state index is -2.02. The van der Waals surface area contributed by atoms with Gasteiger partial charge in [-0.1, -0.05) is 107 Å². The van der Waals surface area contributed by atoms with E-state index in [-0.39, 0.29) is 117 Å². The van der Waals surface area contributed by atoms with Crippen molar-refractivity contribution in [1.82, 2.24) is 21.3 Å². The molecular formula is C75H126N4O8. The molecule has 5 heterocycles. The average Bonchev–Trinajstić information content (AvgIpc) is 0.725. The number of piperidine rings is 4. The maximum atomic E-state index is 16.4. The molecule has 0 amide bonds. The Kier molecular flexibility index (Phi) is 18.6. The van der Waals surface area contributed by atoms with Crippen LogP contribution in [0.1, 0.15) is 286 Å². The highest BCUT2D eigenvalue weighted by Crippen LogP contribution is 2.61. The zero-order valence-electron chi connectivity index (χ0n) is 60.5. The molecule has 5 fully saturated rings. The van der Waals surface area contributed by atoms with E-state index in [0.29, 0.717) is 0 Å². The van der Waals surface area contributed by atoms with E-state index in [1.807, 2.05) is 0 Å². The van der Waals surface area contributed by atoms with E-state index in [1.54, 1.807) is 6.92 Å². The molecule has 494 valence electrons. The molecule has 5 aliphatic rings. The van der Waals surface area contributed by atoms with E-state index in [1.165, 1.54) is 0 Å². The Balaban J connectivity index is 1.49. The summed E-state index contributed by atoms with van der Waals surface area (Å²) in [5.41, 5.74) is -2.72. The van der Waals surface area contributed by atoms with Gasteiger partial charge in [-0.05, 0) is 237 Å². The Hall–Kier alpha value is -3.26. The molecular weight excluding hydrogens is 1080 g/mol. The van der Waals surface area contributed by atoms with Crippen LogP contribution in [-0.4, -0.2) is 99.2 Å². The van der Waals surface area contributed by atoms with Crippen LogP contribution in [0.2, 0.25) is 0 Å². The van der Waals surface area contributed by atoms with Crippen LogP contribution in [0.5, 0.6) is 11.5 Å². The summed E-state index contributed by atoms with van der Waals surface area (Å²) in [5, 5.41) is 42.0. The minimum absolute atomic E-state index is 0.0573. The maximum absolute atomic E-state index is 16.4. The number of ether oxygens (including phenoxy) is 4. The van der Waals surface area contributed by atoms with Gasteiger partial charge < -0.3 is 50.4 Å². The molecule has 5 saturated heterocycles. The minimum Gasteiger partial charge on any atom is -0.507 e. The zero-order valence-corrected chi connectivity index (χ0v) is 60.5. The molecule has 0 radical (unpaired) electrons. The van der Waals surface area contributed by atoms with Gasteiger partial charge in [0.2, 0.25) is 5.41 Å². The van der Waals surface area contributed by atoms with Crippen molar-refractivity contribution in [3.63, 3.8) is 0 Å². The van der Waals surface area contributed by atoms with Crippen molar-refractivity contribution in [2.75, 3.05) is 26.4 Å². The van der Waals surface area contributed by atoms with Gasteiger partial charge in [-0.25, -0.2) is 0 Å². The number of nitrogens with one attached hydrogen (secondary N) is 4. The lowest BCUT2D eigenvalue weighted by molar-refractivity contribution is -0.237. The monoisotopic (exact) mass is 1210 g/mol. The Morgan fingerprint density at radius 1 is 0.414 bits per heavy atom. The van der Waals surface area contributed by atoms with Crippen LogP contribution in [0.3, 0.4) is 0 Å². The number of aromatic hydroxyl groups is 2. The summed E-state index contributed by atoms with van der Waals surface area (Å²) in [6, 6.07) is 8.77. The largest absolute Gasteiger partial charge is 0.507 e. The second kappa shape index (κ2) is 22.8. The van der Waals surface area contributed by atoms with Gasteiger partial charge in [0, 0.05) is 66.3 Å². The second-order valence-electron chi connectivity index (χ2n) is 38.3. The number of benzene rings is 2. The van der Waals surface area contributed by atoms with Crippen molar-refractivity contribution in [2.24, 2.45) is 29.1 Å². The van der Waals surface area contributed by atoms with E-state index < -0.39 is 45.3 Å². The summed E-state index contributed by atoms with van der Waals surface area (Å²) in [7, 11) is 0. The molecule has 0 aliphatic carbocycles. The van der Waals surface area contributed by atoms with Gasteiger partial charge in [0.1, 0.15) is 24.7 Å². The lowest BCUT2D eigenvalue weighted by Crippen LogP contribution is -2.67. The molecule has 0 unspecified atom stereocenters. The summed E-state index contributed by atoms with van der Waals surface area (Å²) in [6.45, 7) is 63.6. The highest BCUT2D eigenvalue weighted by molar-refractivity contribution is 6.00. The fourth-order valence-electron chi connectivity index (χ4n) is 19.2. The summed E-state index contributed by atoms with van der Waals surface area (Å²) in [5.74, 6) is -1.17. The van der Waals surface area contributed by atoms with Crippen molar-refractivity contribution in [3.8, 4) is 11.5 Å². The molecule has 5 aliphatic heterocycles. The van der Waals surface area contributed by atoms with Crippen LogP contribution in [0.25, 0.3) is 0 Å². The van der Waals surface area contributed by atoms with Gasteiger partial charge in [-0.2, -0.15) is 0 Å². The van der Waals surface area contributed by atoms with E-state index in [2.05, 4.69) is 239 Å². The molecule has 12 heteroatoms. The third-order valence-electron chi connectivity index (χ3n) is 20.9. The summed E-state index contributed by atoms with van der Waals surface area (Å²) in [6.07, 6.45) is 5.43. The Labute approximate surface area is 529 Å². The molecule has 0 aromatic heterocycles. The van der Waals surface area contributed by atoms with Gasteiger partial charge in [0.15, 0.2) is 6.29 Å². The van der Waals surface area contributed by atoms with Crippen LogP contribution in [0.4, 0.5) is 0 Å². The van der Waals surface area contributed by atoms with Crippen LogP contribution in [0.15, 0.2) is 24.3 Å². The summed E-state index contributed by atoms with van der Waals surface area (Å²) < 4.78 is 27.3. The topological polar surface area (TPSA) is 160 Å². The Bertz CT molecular complexity index is 2530. The Morgan fingerprint density at radius 2 is 0.632 bits per heavy atom. The number of hydrogen-bond acceptors (Lipinski definition) is 12. The highest BCUT2D eigenvalue weighted by Gasteiger charge is 2.62. The smallest absolute Gasteiger partial charge is 0.328 e. The SMILES string of the molecule is CC1OCC(C(=O)OCC(c2ccc(C(C)(C)C)c(O)c2C(C)(C)C)(C2CC(C)(C)NC(C)(C)C2)C2CC(C)(C)NC(C)(C)C2)(C(=O)OCC(c2ccc(C(C)(C)C)c(O)c2C(C)(C)C)(C2CC(C)(C)NC(C)(C)C2)C2CC(C)(C)NC(C)(C)C2)CO1. The number of phenols is 2. The van der Waals surface area contributed by atoms with E-state index >= 15 is 9.59 Å². The van der Waals surface area contributed by atoms with Crippen molar-refractivity contribution in [1.29, 1.82) is 0 Å². The molecule has 87 heavy (non-hydrogen) atoms. The molecule has 12 nitrogen and oxygen atoms in total. The molecule has 6 N–H and O–H groups in total. The third-order valence-corrected chi connectivity index (χ3v) is 20.9. The van der Waals surface area contributed by atoms with Crippen LogP contribution < -0.4 is 21.3 Å². The molecule has 7 rings (SSSR count). The highest BCUT2D eigenvalue weighted by atomic mass is 16.7. The number of phenolic OH excluding ortho intramolecular Hbond substituents is 2. The van der Waals surface area contributed by atoms with E-state index in [0.717, 1.165) is 84.7 Å². The molecule has 0 atom stereocenters. The lowest BCUT2D eigenvalue weighted by Gasteiger charge is -2.60. The molecule has 0 spiro atoms. The van der Waals surface area contributed by atoms with Gasteiger partial charge in [-0.15, -0.1) is 0 Å². The van der Waals surface area contributed by atoms with Crippen LogP contribution in [0, 0.1) is 29.1 Å². The van der Waals surface area contributed by atoms with Gasteiger partial charge in [0.05, 0.1) is 13.2 Å². The first-order valence-corrected chi connectivity index (χ1v) is 33.5. The number of hydrogen-bond donors (Lipinski definition) is 6. The predicted molar refractivity (Wildman–Crippen MR) is 356 cm³/mol. The quantitative estimate of drug-likeness (QED) is 0.0884. The van der Waals surface area contributed by atoms with Gasteiger partial charge in [0.25, 0.3) is 0 Å². The average molecular weight is 1210 g/mol. The maximum Gasteiger partial charge on any atom is 0.328 e. The standard InChI is InChI=1S/C75H126N4O8/c1-46-84-42-73(43-85-46,59(82)86-44-74(47-34-65(14,15)76-66(16,17)35-47,48-36-67(18,19)77-68(20,21)37-48)51-30-32-53(61(2,3)4)57(80)55(51)63(8,9)10)60(83)87-45-75(49-38-69(22,23)78-70(24,25)39-49,50-40-71(26,27)79-72(28,29)41-50)52-31-33-54(62(5,6)7)58(81)56(52)64(11,12)13/h30-33,46-50,76-81H,34-45H2,1-29H3. The third kappa shape index (κ3) is 14.8. The van der Waals surface area contributed by atoms with Crippen molar-refractivity contribution < 1.29 is 38.7 Å². The van der Waals surface area contributed by atoms with E-state index in [4.69, 9.17) is 18.9 Å². The summed E-state index contributed by atoms with van der Waals surface area (Å²) in [4.78, 5) is 32.9. The molecule has 0 bridgehead atoms. The normalized spacial score (nSPS) is 24.7. The lowest BCUT2D eigenvalue weighted by atomic mass is 9.51. The fourth-order valence-corrected chi connectivity index (χ4v) is 19.2. The molecule has 2 aromatic carbocycles. The first-order chi connectivity index (χ1) is 39.0. The van der Waals surface area contributed by atoms with Crippen molar-refractivity contribution in [3.05, 3.63) is 57.6 Å². The fraction of sp³-hybridized carbons (Fsp3) is 0.813. The zero-order chi connectivity index (χ0) is 66.1. The predicted octanol–water partition coefficient (Wildman–Crippen LogP) is 15.2. The van der Waals surface area contributed by atoms with Crippen molar-refractivity contribution >= 4 is 11.9 Å². The van der Waals surface area contributed by atoms with Gasteiger partial charge in [-0.3, -0.25) is 9.59 Å². The van der Waals surface area contributed by atoms with E-state index in [9.17, 15) is 10.2 Å². The molecule has 2 aromatic rings. The molecule has 0 saturated carbocycles. The van der Waals surface area contributed by atoms with Crippen molar-refractivity contribution in [2.45, 2.75) is 335 Å². The first kappa shape index (κ1) is 71.2.